The maximum Gasteiger partial charge on any atom is 0.142 e. The van der Waals surface area contributed by atoms with E-state index in [2.05, 4.69) is 24.9 Å². The molecule has 3 heteroatoms. The summed E-state index contributed by atoms with van der Waals surface area (Å²) in [5, 5.41) is 10.5. The van der Waals surface area contributed by atoms with E-state index < -0.39 is 0 Å². The van der Waals surface area contributed by atoms with Crippen molar-refractivity contribution in [3.63, 3.8) is 0 Å². The quantitative estimate of drug-likeness (QED) is 0.685. The van der Waals surface area contributed by atoms with E-state index in [1.54, 1.807) is 6.07 Å². The fourth-order valence-corrected chi connectivity index (χ4v) is 9.00. The highest BCUT2D eigenvalue weighted by Crippen LogP contribution is 2.79. The molecule has 1 N–H and O–H groups in total. The Morgan fingerprint density at radius 3 is 2.71 bits per heavy atom. The minimum Gasteiger partial charge on any atom is -0.393 e. The van der Waals surface area contributed by atoms with Gasteiger partial charge in [-0.3, -0.25) is 4.98 Å². The van der Waals surface area contributed by atoms with E-state index >= 15 is 0 Å². The standard InChI is InChI=1S/C25H32FNO/c1-23-8-6-20-17(5-10-25-12-21(25)22(28)7-9-24(20,25)2)19(23)4-3-18(23)15-11-16(26)14-27-13-15/h3,11,13-14,17,19-22,28H,4-10,12H2,1-2H3/t17?,19?,20?,21?,22?,23-,24-,25?/m1/s1. The molecule has 6 unspecified atom stereocenters. The van der Waals surface area contributed by atoms with E-state index in [1.807, 2.05) is 6.20 Å². The molecule has 1 heterocycles. The maximum atomic E-state index is 13.8. The number of aliphatic hydroxyl groups excluding tert-OH is 1. The SMILES string of the molecule is C[C@]12CCC3C(CCC45CC4C(O)CC[C@]35C)C1CC=C2c1cncc(F)c1. The van der Waals surface area contributed by atoms with Crippen molar-refractivity contribution in [3.8, 4) is 0 Å². The number of hydrogen-bond acceptors (Lipinski definition) is 2. The lowest BCUT2D eigenvalue weighted by Gasteiger charge is -2.61. The van der Waals surface area contributed by atoms with Crippen LogP contribution in [0.2, 0.25) is 0 Å². The molecule has 0 aliphatic heterocycles. The average Bonchev–Trinajstić information content (AvgIpc) is 3.32. The molecule has 4 saturated carbocycles. The monoisotopic (exact) mass is 381 g/mol. The minimum atomic E-state index is -0.230. The summed E-state index contributed by atoms with van der Waals surface area (Å²) < 4.78 is 13.8. The van der Waals surface area contributed by atoms with Gasteiger partial charge in [0.1, 0.15) is 5.82 Å². The molecule has 1 aromatic rings. The lowest BCUT2D eigenvalue weighted by Crippen LogP contribution is -2.54. The van der Waals surface area contributed by atoms with Crippen LogP contribution in [0, 0.1) is 45.7 Å². The van der Waals surface area contributed by atoms with Gasteiger partial charge >= 0.3 is 0 Å². The van der Waals surface area contributed by atoms with Crippen molar-refractivity contribution in [2.75, 3.05) is 0 Å². The predicted octanol–water partition coefficient (Wildman–Crippen LogP) is 5.62. The second-order valence-electron chi connectivity index (χ2n) is 11.1. The van der Waals surface area contributed by atoms with E-state index in [0.29, 0.717) is 22.7 Å². The van der Waals surface area contributed by atoms with Crippen molar-refractivity contribution in [2.24, 2.45) is 39.9 Å². The highest BCUT2D eigenvalue weighted by Gasteiger charge is 2.73. The minimum absolute atomic E-state index is 0.0429. The molecule has 4 fully saturated rings. The van der Waals surface area contributed by atoms with E-state index in [9.17, 15) is 9.50 Å². The van der Waals surface area contributed by atoms with Gasteiger partial charge in [0, 0.05) is 6.20 Å². The van der Waals surface area contributed by atoms with Gasteiger partial charge < -0.3 is 5.11 Å². The van der Waals surface area contributed by atoms with Crippen LogP contribution in [0.4, 0.5) is 4.39 Å². The first-order valence-corrected chi connectivity index (χ1v) is 11.4. The molecule has 8 atom stereocenters. The van der Waals surface area contributed by atoms with Crippen LogP contribution in [-0.2, 0) is 0 Å². The molecule has 28 heavy (non-hydrogen) atoms. The highest BCUT2D eigenvalue weighted by molar-refractivity contribution is 5.72. The zero-order valence-electron chi connectivity index (χ0n) is 17.1. The lowest BCUT2D eigenvalue weighted by atomic mass is 9.43. The Morgan fingerprint density at radius 2 is 1.89 bits per heavy atom. The molecule has 5 aliphatic carbocycles. The van der Waals surface area contributed by atoms with Crippen LogP contribution in [-0.4, -0.2) is 16.2 Å². The second-order valence-corrected chi connectivity index (χ2v) is 11.1. The molecule has 0 bridgehead atoms. The number of aromatic nitrogens is 1. The van der Waals surface area contributed by atoms with Gasteiger partial charge in [-0.25, -0.2) is 4.39 Å². The summed E-state index contributed by atoms with van der Waals surface area (Å²) in [6.45, 7) is 5.02. The number of fused-ring (bicyclic) bond motifs is 4. The van der Waals surface area contributed by atoms with Gasteiger partial charge in [0.15, 0.2) is 0 Å². The molecular formula is C25H32FNO. The molecule has 6 rings (SSSR count). The summed E-state index contributed by atoms with van der Waals surface area (Å²) in [6, 6.07) is 1.67. The molecule has 0 radical (unpaired) electrons. The third-order valence-corrected chi connectivity index (χ3v) is 10.5. The first-order chi connectivity index (χ1) is 13.4. The average molecular weight is 382 g/mol. The third-order valence-electron chi connectivity index (χ3n) is 10.5. The van der Waals surface area contributed by atoms with Gasteiger partial charge in [0.25, 0.3) is 0 Å². The van der Waals surface area contributed by atoms with Crippen molar-refractivity contribution in [2.45, 2.75) is 71.3 Å². The fourth-order valence-electron chi connectivity index (χ4n) is 9.00. The van der Waals surface area contributed by atoms with Crippen molar-refractivity contribution in [1.82, 2.24) is 4.98 Å². The van der Waals surface area contributed by atoms with Gasteiger partial charge in [0.05, 0.1) is 12.3 Å². The molecule has 0 aromatic carbocycles. The number of nitrogens with zero attached hydrogens (tertiary/aromatic N) is 1. The number of halogens is 1. The van der Waals surface area contributed by atoms with Crippen LogP contribution in [0.5, 0.6) is 0 Å². The summed E-state index contributed by atoms with van der Waals surface area (Å²) in [7, 11) is 0. The molecule has 0 saturated heterocycles. The summed E-state index contributed by atoms with van der Waals surface area (Å²) in [5.41, 5.74) is 3.36. The Kier molecular flexibility index (Phi) is 3.44. The van der Waals surface area contributed by atoms with Gasteiger partial charge in [-0.2, -0.15) is 0 Å². The van der Waals surface area contributed by atoms with E-state index in [1.165, 1.54) is 50.3 Å². The summed E-state index contributed by atoms with van der Waals surface area (Å²) in [5.74, 6) is 2.61. The number of rotatable bonds is 1. The molecule has 5 aliphatic rings. The second kappa shape index (κ2) is 5.47. The number of pyridine rings is 1. The van der Waals surface area contributed by atoms with Crippen LogP contribution in [0.1, 0.15) is 70.8 Å². The number of aliphatic hydroxyl groups is 1. The van der Waals surface area contributed by atoms with Crippen LogP contribution < -0.4 is 0 Å². The normalized spacial score (nSPS) is 51.4. The van der Waals surface area contributed by atoms with Crippen LogP contribution in [0.3, 0.4) is 0 Å². The smallest absolute Gasteiger partial charge is 0.142 e. The van der Waals surface area contributed by atoms with E-state index in [-0.39, 0.29) is 17.3 Å². The first kappa shape index (κ1) is 17.6. The Hall–Kier alpha value is -1.22. The molecule has 150 valence electrons. The Morgan fingerprint density at radius 1 is 1.04 bits per heavy atom. The molecule has 1 spiro atoms. The Bertz CT molecular complexity index is 866. The molecular weight excluding hydrogens is 349 g/mol. The fraction of sp³-hybridized carbons (Fsp3) is 0.720. The first-order valence-electron chi connectivity index (χ1n) is 11.4. The van der Waals surface area contributed by atoms with Gasteiger partial charge in [-0.1, -0.05) is 19.9 Å². The van der Waals surface area contributed by atoms with Crippen LogP contribution in [0.15, 0.2) is 24.5 Å². The summed E-state index contributed by atoms with van der Waals surface area (Å²) in [6.07, 6.45) is 15.3. The van der Waals surface area contributed by atoms with Crippen molar-refractivity contribution in [1.29, 1.82) is 0 Å². The van der Waals surface area contributed by atoms with E-state index in [0.717, 1.165) is 30.2 Å². The molecule has 0 amide bonds. The lowest BCUT2D eigenvalue weighted by molar-refractivity contribution is -0.125. The predicted molar refractivity (Wildman–Crippen MR) is 108 cm³/mol. The molecule has 2 nitrogen and oxygen atoms in total. The van der Waals surface area contributed by atoms with Gasteiger partial charge in [-0.15, -0.1) is 0 Å². The van der Waals surface area contributed by atoms with Crippen LogP contribution >= 0.6 is 0 Å². The zero-order valence-corrected chi connectivity index (χ0v) is 17.1. The summed E-state index contributed by atoms with van der Waals surface area (Å²) in [4.78, 5) is 4.13. The largest absolute Gasteiger partial charge is 0.393 e. The van der Waals surface area contributed by atoms with Crippen molar-refractivity contribution in [3.05, 3.63) is 35.9 Å². The topological polar surface area (TPSA) is 33.1 Å². The van der Waals surface area contributed by atoms with Gasteiger partial charge in [-0.05, 0) is 108 Å². The number of allylic oxidation sites excluding steroid dienone is 2. The van der Waals surface area contributed by atoms with Crippen molar-refractivity contribution < 1.29 is 9.50 Å². The van der Waals surface area contributed by atoms with Crippen LogP contribution in [0.25, 0.3) is 5.57 Å². The highest BCUT2D eigenvalue weighted by atomic mass is 19.1. The Labute approximate surface area is 167 Å². The van der Waals surface area contributed by atoms with Gasteiger partial charge in [0.2, 0.25) is 0 Å². The Balaban J connectivity index is 1.33. The van der Waals surface area contributed by atoms with E-state index in [4.69, 9.17) is 0 Å². The maximum absolute atomic E-state index is 13.8. The number of hydrogen-bond donors (Lipinski definition) is 1. The zero-order chi connectivity index (χ0) is 19.3. The summed E-state index contributed by atoms with van der Waals surface area (Å²) >= 11 is 0. The van der Waals surface area contributed by atoms with Crippen molar-refractivity contribution >= 4 is 5.57 Å². The molecule has 1 aromatic heterocycles. The third kappa shape index (κ3) is 2.00.